The van der Waals surface area contributed by atoms with Crippen molar-refractivity contribution in [1.29, 1.82) is 0 Å². The minimum atomic E-state index is 0. The molecular weight excluding hydrogens is 991 g/mol. The summed E-state index contributed by atoms with van der Waals surface area (Å²) in [5.41, 5.74) is 18.3. The number of hydrogen-bond acceptors (Lipinski definition) is 6. The van der Waals surface area contributed by atoms with Crippen molar-refractivity contribution in [2.75, 3.05) is 82.3 Å². The van der Waals surface area contributed by atoms with Crippen LogP contribution in [0.25, 0.3) is 10.6 Å². The number of methoxy groups -OCH3 is 6. The molecule has 78 heavy (non-hydrogen) atoms. The second kappa shape index (κ2) is 40.3. The van der Waals surface area contributed by atoms with Crippen LogP contribution in [0, 0.1) is 0 Å². The molecule has 0 radical (unpaired) electrons. The van der Waals surface area contributed by atoms with Gasteiger partial charge < -0.3 is 39.1 Å². The normalized spacial score (nSPS) is 13.3. The third-order valence-electron chi connectivity index (χ3n) is 13.0. The van der Waals surface area contributed by atoms with Gasteiger partial charge in [0.15, 0.2) is 0 Å². The second-order valence-electron chi connectivity index (χ2n) is 21.7. The van der Waals surface area contributed by atoms with Crippen molar-refractivity contribution >= 4 is 34.2 Å². The number of para-hydroxylation sites is 4. The SMILES string of the molecule is CC(C)c1cccc(C(C)C)c1[N-]C1=CC(=[NH+]c2c(C(C)C)cccc2C(C)C)C(=[NH+]c2c(C(C)C)cccc2C(C)C)C=C1[N-]c1c(C(C)C)cccc1C(C)C.COCCOC.COCCOC.COCCOC.[Na+].[Na+]. The van der Waals surface area contributed by atoms with Gasteiger partial charge in [0.05, 0.1) is 39.6 Å². The summed E-state index contributed by atoms with van der Waals surface area (Å²) in [7, 11) is 9.91. The molecule has 4 aromatic rings. The van der Waals surface area contributed by atoms with Crippen LogP contribution in [0.1, 0.15) is 203 Å². The maximum atomic E-state index is 5.72. The van der Waals surface area contributed by atoms with Crippen LogP contribution in [0.15, 0.2) is 96.3 Å². The predicted octanol–water partition coefficient (Wildman–Crippen LogP) is 8.72. The van der Waals surface area contributed by atoms with Gasteiger partial charge >= 0.3 is 59.1 Å². The number of allylic oxidation sites excluding steroid dienone is 2. The Hall–Kier alpha value is -2.94. The van der Waals surface area contributed by atoms with E-state index in [0.29, 0.717) is 87.0 Å². The summed E-state index contributed by atoms with van der Waals surface area (Å²) in [6, 6.07) is 26.9. The van der Waals surface area contributed by atoms with Gasteiger partial charge in [-0.3, -0.25) is 0 Å². The quantitative estimate of drug-likeness (QED) is 0.0437. The van der Waals surface area contributed by atoms with E-state index in [1.54, 1.807) is 42.7 Å². The van der Waals surface area contributed by atoms with Crippen molar-refractivity contribution in [1.82, 2.24) is 0 Å². The molecule has 0 aromatic heterocycles. The fourth-order valence-corrected chi connectivity index (χ4v) is 8.65. The van der Waals surface area contributed by atoms with Gasteiger partial charge in [-0.1, -0.05) is 206 Å². The van der Waals surface area contributed by atoms with Gasteiger partial charge in [0.1, 0.15) is 0 Å². The first kappa shape index (κ1) is 75.1. The molecule has 0 amide bonds. The zero-order valence-electron chi connectivity index (χ0n) is 53.3. The van der Waals surface area contributed by atoms with Gasteiger partial charge in [0.25, 0.3) is 11.4 Å². The van der Waals surface area contributed by atoms with Crippen molar-refractivity contribution in [3.63, 3.8) is 0 Å². The van der Waals surface area contributed by atoms with Crippen LogP contribution in [0.2, 0.25) is 0 Å². The van der Waals surface area contributed by atoms with E-state index in [1.165, 1.54) is 55.9 Å². The standard InChI is InChI=1S/C54H70N4.3C4H10O2.2Na/c1-31(2)39-21-17-22-40(32(3)4)51(39)55-47-29-49(57-53-43(35(9)10)25-19-26-44(53)36(11)12)50(58-54-45(37(13)14)27-20-28-46(54)38(15)16)30-48(47)56-52-41(33(5)6)23-18-24-42(52)34(7)8;3*1-5-3-4-6-2;;/h17-38H,1-16H3;3*3-4H2,1-2H3;;/q-2;;;;2*+1/p+2. The van der Waals surface area contributed by atoms with Crippen molar-refractivity contribution < 1.29 is 97.5 Å². The molecule has 0 aliphatic heterocycles. The summed E-state index contributed by atoms with van der Waals surface area (Å²) >= 11 is 0. The predicted molar refractivity (Wildman–Crippen MR) is 323 cm³/mol. The van der Waals surface area contributed by atoms with Gasteiger partial charge in [-0.15, -0.1) is 22.8 Å². The zero-order chi connectivity index (χ0) is 57.1. The van der Waals surface area contributed by atoms with E-state index in [1.807, 2.05) is 0 Å². The van der Waals surface area contributed by atoms with Gasteiger partial charge in [0, 0.05) is 77.1 Å². The molecular formula is C66H102N4Na2O6+2. The fraction of sp³-hybridized carbons (Fsp3) is 0.545. The smallest absolute Gasteiger partial charge is 0.658 e. The average molecular weight is 1090 g/mol. The molecule has 10 nitrogen and oxygen atoms in total. The molecule has 0 bridgehead atoms. The molecule has 4 aromatic carbocycles. The first-order valence-corrected chi connectivity index (χ1v) is 27.8. The minimum Gasteiger partial charge on any atom is -0.658 e. The van der Waals surface area contributed by atoms with E-state index < -0.39 is 0 Å². The van der Waals surface area contributed by atoms with Crippen molar-refractivity contribution in [3.05, 3.63) is 151 Å². The molecule has 12 heteroatoms. The van der Waals surface area contributed by atoms with Crippen LogP contribution in [0.4, 0.5) is 22.7 Å². The van der Waals surface area contributed by atoms with Crippen LogP contribution in [0.5, 0.6) is 0 Å². The van der Waals surface area contributed by atoms with E-state index in [4.69, 9.17) is 10.6 Å². The second-order valence-corrected chi connectivity index (χ2v) is 21.7. The first-order chi connectivity index (χ1) is 36.1. The van der Waals surface area contributed by atoms with E-state index in [0.717, 1.165) is 34.2 Å². The summed E-state index contributed by atoms with van der Waals surface area (Å²) in [6.45, 7) is 40.6. The van der Waals surface area contributed by atoms with E-state index in [2.05, 4.69) is 234 Å². The molecule has 0 fully saturated rings. The molecule has 0 atom stereocenters. The van der Waals surface area contributed by atoms with E-state index in [-0.39, 0.29) is 59.1 Å². The maximum absolute atomic E-state index is 5.72. The number of ether oxygens (including phenoxy) is 6. The van der Waals surface area contributed by atoms with Gasteiger partial charge in [-0.2, -0.15) is 9.98 Å². The van der Waals surface area contributed by atoms with Crippen LogP contribution >= 0.6 is 0 Å². The molecule has 0 saturated carbocycles. The molecule has 0 spiro atoms. The zero-order valence-corrected chi connectivity index (χ0v) is 57.3. The largest absolute Gasteiger partial charge is 1.00 e. The van der Waals surface area contributed by atoms with Crippen molar-refractivity contribution in [2.24, 2.45) is 0 Å². The third kappa shape index (κ3) is 23.9. The van der Waals surface area contributed by atoms with Crippen molar-refractivity contribution in [3.8, 4) is 0 Å². The summed E-state index contributed by atoms with van der Waals surface area (Å²) in [6.07, 6.45) is 4.54. The van der Waals surface area contributed by atoms with Gasteiger partial charge in [-0.05, 0) is 47.3 Å². The van der Waals surface area contributed by atoms with E-state index in [9.17, 15) is 0 Å². The summed E-state index contributed by atoms with van der Waals surface area (Å²) < 4.78 is 27.9. The molecule has 5 rings (SSSR count). The number of benzene rings is 4. The number of nitrogens with zero attached hydrogens (tertiary/aromatic N) is 2. The molecule has 0 unspecified atom stereocenters. The summed E-state index contributed by atoms with van der Waals surface area (Å²) in [4.78, 5) is 8.15. The Balaban J connectivity index is 0.00000255. The van der Waals surface area contributed by atoms with E-state index >= 15 is 0 Å². The van der Waals surface area contributed by atoms with Crippen LogP contribution in [0.3, 0.4) is 0 Å². The van der Waals surface area contributed by atoms with Crippen molar-refractivity contribution in [2.45, 2.75) is 158 Å². The fourth-order valence-electron chi connectivity index (χ4n) is 8.65. The molecule has 2 N–H and O–H groups in total. The summed E-state index contributed by atoms with van der Waals surface area (Å²) in [5, 5.41) is 11.4. The number of hydrogen-bond donors (Lipinski definition) is 2. The topological polar surface area (TPSA) is 112 Å². The van der Waals surface area contributed by atoms with Crippen LogP contribution < -0.4 is 69.1 Å². The maximum Gasteiger partial charge on any atom is 1.00 e. The minimum absolute atomic E-state index is 0. The number of nitrogens with one attached hydrogen (secondary N) is 2. The van der Waals surface area contributed by atoms with Crippen LogP contribution in [-0.2, 0) is 28.4 Å². The summed E-state index contributed by atoms with van der Waals surface area (Å²) in [5.74, 6) is 2.55. The Bertz CT molecular complexity index is 2160. The molecule has 1 aliphatic rings. The van der Waals surface area contributed by atoms with Gasteiger partial charge in [0.2, 0.25) is 11.4 Å². The average Bonchev–Trinajstić information content (AvgIpc) is 3.37. The van der Waals surface area contributed by atoms with Crippen LogP contribution in [-0.4, -0.2) is 93.7 Å². The number of rotatable bonds is 23. The van der Waals surface area contributed by atoms with Gasteiger partial charge in [-0.25, -0.2) is 0 Å². The monoisotopic (exact) mass is 1090 g/mol. The third-order valence-corrected chi connectivity index (χ3v) is 13.0. The Morgan fingerprint density at radius 3 is 0.654 bits per heavy atom. The Labute approximate surface area is 519 Å². The molecule has 422 valence electrons. The molecule has 0 heterocycles. The Morgan fingerprint density at radius 1 is 0.308 bits per heavy atom. The molecule has 1 aliphatic carbocycles. The molecule has 0 saturated heterocycles. The Kier molecular flexibility index (Phi) is 38.8. The first-order valence-electron chi connectivity index (χ1n) is 27.8. The Morgan fingerprint density at radius 2 is 0.487 bits per heavy atom.